The summed E-state index contributed by atoms with van der Waals surface area (Å²) < 4.78 is 39.0. The summed E-state index contributed by atoms with van der Waals surface area (Å²) in [5, 5.41) is 2.52. The number of alkyl halides is 3. The van der Waals surface area contributed by atoms with Gasteiger partial charge in [-0.3, -0.25) is 14.6 Å². The molecule has 7 nitrogen and oxygen atoms in total. The number of benzene rings is 2. The number of para-hydroxylation sites is 1. The van der Waals surface area contributed by atoms with Crippen molar-refractivity contribution in [3.8, 4) is 11.4 Å². The third-order valence-corrected chi connectivity index (χ3v) is 5.05. The van der Waals surface area contributed by atoms with E-state index < -0.39 is 29.6 Å². The zero-order valence-electron chi connectivity index (χ0n) is 17.1. The zero-order valence-corrected chi connectivity index (χ0v) is 17.1. The van der Waals surface area contributed by atoms with Gasteiger partial charge in [-0.15, -0.1) is 0 Å². The van der Waals surface area contributed by atoms with Crippen molar-refractivity contribution in [3.63, 3.8) is 0 Å². The fraction of sp³-hybridized carbons (Fsp3) is 0.167. The maximum atomic E-state index is 13.0. The van der Waals surface area contributed by atoms with E-state index in [0.717, 1.165) is 17.7 Å². The molecule has 4 rings (SSSR count). The number of hydrogen-bond acceptors (Lipinski definition) is 4. The largest absolute Gasteiger partial charge is 0.416 e. The first-order chi connectivity index (χ1) is 15.7. The molecule has 1 atom stereocenters. The van der Waals surface area contributed by atoms with Gasteiger partial charge >= 0.3 is 6.18 Å². The normalized spacial score (nSPS) is 12.1. The maximum absolute atomic E-state index is 13.0. The van der Waals surface area contributed by atoms with Gasteiger partial charge in [0.2, 0.25) is 5.91 Å². The van der Waals surface area contributed by atoms with Gasteiger partial charge in [-0.1, -0.05) is 31.7 Å². The Morgan fingerprint density at radius 1 is 1.06 bits per heavy atom. The molecular weight excluding hydrogens is 447 g/mol. The van der Waals surface area contributed by atoms with E-state index >= 15 is 0 Å². The quantitative estimate of drug-likeness (QED) is 0.394. The molecular formula is C24H22F3N5O2. The van der Waals surface area contributed by atoms with E-state index in [1.165, 1.54) is 18.2 Å². The number of nitrogens with zero attached hydrogens (tertiary/aromatic N) is 2. The van der Waals surface area contributed by atoms with Crippen LogP contribution in [0.15, 0.2) is 67.0 Å². The lowest BCUT2D eigenvalue weighted by Gasteiger charge is -2.17. The second kappa shape index (κ2) is 9.74. The Hall–Kier alpha value is -4.21. The van der Waals surface area contributed by atoms with E-state index in [1.807, 2.05) is 0 Å². The number of hydrogen-bond donors (Lipinski definition) is 3. The molecule has 4 aromatic rings. The Labute approximate surface area is 193 Å². The van der Waals surface area contributed by atoms with Crippen LogP contribution in [-0.2, 0) is 17.4 Å². The third-order valence-electron chi connectivity index (χ3n) is 5.05. The molecule has 0 radical (unpaired) electrons. The molecule has 4 N–H and O–H groups in total. The summed E-state index contributed by atoms with van der Waals surface area (Å²) in [5.74, 6) is -0.959. The molecule has 0 aliphatic carbocycles. The summed E-state index contributed by atoms with van der Waals surface area (Å²) in [6.45, 7) is 0. The number of rotatable bonds is 6. The van der Waals surface area contributed by atoms with Crippen molar-refractivity contribution in [2.45, 2.75) is 26.1 Å². The number of pyridine rings is 1. The molecule has 10 heteroatoms. The lowest BCUT2D eigenvalue weighted by molar-refractivity contribution is -0.137. The van der Waals surface area contributed by atoms with Crippen molar-refractivity contribution >= 4 is 22.8 Å². The number of aromatic nitrogens is 3. The van der Waals surface area contributed by atoms with Crippen molar-refractivity contribution in [2.75, 3.05) is 0 Å². The van der Waals surface area contributed by atoms with Crippen LogP contribution in [0.2, 0.25) is 0 Å². The van der Waals surface area contributed by atoms with Gasteiger partial charge in [-0.2, -0.15) is 13.2 Å². The van der Waals surface area contributed by atoms with Crippen molar-refractivity contribution < 1.29 is 22.8 Å². The topological polar surface area (TPSA) is 114 Å². The van der Waals surface area contributed by atoms with Crippen molar-refractivity contribution in [1.82, 2.24) is 20.3 Å². The highest BCUT2D eigenvalue weighted by atomic mass is 19.4. The molecule has 0 unspecified atom stereocenters. The van der Waals surface area contributed by atoms with E-state index in [9.17, 15) is 22.8 Å². The molecule has 0 saturated carbocycles. The van der Waals surface area contributed by atoms with Crippen LogP contribution < -0.4 is 11.1 Å². The van der Waals surface area contributed by atoms with Gasteiger partial charge in [-0.25, -0.2) is 4.98 Å². The van der Waals surface area contributed by atoms with Gasteiger partial charge in [-0.05, 0) is 35.9 Å². The van der Waals surface area contributed by atoms with Gasteiger partial charge in [0, 0.05) is 24.4 Å². The van der Waals surface area contributed by atoms with E-state index in [1.54, 1.807) is 36.7 Å². The molecule has 0 bridgehead atoms. The monoisotopic (exact) mass is 469 g/mol. The number of amides is 2. The Kier molecular flexibility index (Phi) is 7.00. The molecule has 0 saturated heterocycles. The van der Waals surface area contributed by atoms with Crippen molar-refractivity contribution in [2.24, 2.45) is 5.73 Å². The van der Waals surface area contributed by atoms with E-state index in [2.05, 4.69) is 20.3 Å². The fourth-order valence-corrected chi connectivity index (χ4v) is 3.43. The highest BCUT2D eigenvalue weighted by molar-refractivity contribution is 6.06. The van der Waals surface area contributed by atoms with Crippen LogP contribution in [0.4, 0.5) is 13.2 Å². The summed E-state index contributed by atoms with van der Waals surface area (Å²) in [6, 6.07) is 11.8. The third kappa shape index (κ3) is 5.22. The van der Waals surface area contributed by atoms with Gasteiger partial charge in [0.05, 0.1) is 16.6 Å². The molecule has 0 aliphatic heterocycles. The molecule has 34 heavy (non-hydrogen) atoms. The Morgan fingerprint density at radius 2 is 1.76 bits per heavy atom. The standard InChI is InChI=1S/C23H18F3N5O2.CH4/c24-23(25,26)15-4-1-3-13(11-15)12-18(20(27)32)30-22(33)16-5-2-6-17-19(16)31-21(29-17)14-7-9-28-10-8-14;/h1-11,18H,12H2,(H2,27,32)(H,29,31)(H,30,33);1H4/t18-;/m1./s1. The fourth-order valence-electron chi connectivity index (χ4n) is 3.43. The average molecular weight is 469 g/mol. The number of primary amides is 1. The minimum absolute atomic E-state index is 0. The minimum Gasteiger partial charge on any atom is -0.368 e. The highest BCUT2D eigenvalue weighted by Crippen LogP contribution is 2.30. The number of H-pyrrole nitrogens is 1. The smallest absolute Gasteiger partial charge is 0.368 e. The van der Waals surface area contributed by atoms with Crippen molar-refractivity contribution in [3.05, 3.63) is 83.7 Å². The zero-order chi connectivity index (χ0) is 23.6. The van der Waals surface area contributed by atoms with Crippen LogP contribution in [0, 0.1) is 0 Å². The second-order valence-electron chi connectivity index (χ2n) is 7.35. The molecule has 2 aromatic heterocycles. The average Bonchev–Trinajstić information content (AvgIpc) is 3.23. The van der Waals surface area contributed by atoms with Crippen LogP contribution in [0.1, 0.15) is 28.9 Å². The summed E-state index contributed by atoms with van der Waals surface area (Å²) in [4.78, 5) is 36.5. The number of nitrogens with one attached hydrogen (secondary N) is 2. The molecule has 2 amide bonds. The first-order valence-electron chi connectivity index (χ1n) is 9.88. The lowest BCUT2D eigenvalue weighted by atomic mass is 10.0. The SMILES string of the molecule is C.NC(=O)[C@@H](Cc1cccc(C(F)(F)F)c1)NC(=O)c1cccc2[nH]c(-c3ccncc3)nc12. The molecule has 0 fully saturated rings. The Bertz CT molecular complexity index is 1320. The molecule has 2 heterocycles. The number of aromatic amines is 1. The maximum Gasteiger partial charge on any atom is 0.416 e. The van der Waals surface area contributed by atoms with Crippen LogP contribution >= 0.6 is 0 Å². The minimum atomic E-state index is -4.52. The Morgan fingerprint density at radius 3 is 2.44 bits per heavy atom. The predicted octanol–water partition coefficient (Wildman–Crippen LogP) is 4.11. The summed E-state index contributed by atoms with van der Waals surface area (Å²) >= 11 is 0. The first kappa shape index (κ1) is 24.4. The van der Waals surface area contributed by atoms with E-state index in [0.29, 0.717) is 16.9 Å². The van der Waals surface area contributed by atoms with Crippen LogP contribution in [0.25, 0.3) is 22.4 Å². The van der Waals surface area contributed by atoms with Crippen LogP contribution in [0.5, 0.6) is 0 Å². The summed E-state index contributed by atoms with van der Waals surface area (Å²) in [5.41, 5.74) is 6.73. The number of fused-ring (bicyclic) bond motifs is 1. The molecule has 0 aliphatic rings. The summed E-state index contributed by atoms with van der Waals surface area (Å²) in [6.07, 6.45) is -1.49. The number of carbonyl (C=O) groups is 2. The Balaban J connectivity index is 0.00000324. The van der Waals surface area contributed by atoms with E-state index in [4.69, 9.17) is 5.73 Å². The van der Waals surface area contributed by atoms with Crippen LogP contribution in [0.3, 0.4) is 0 Å². The van der Waals surface area contributed by atoms with Gasteiger partial charge < -0.3 is 16.0 Å². The molecule has 176 valence electrons. The number of carbonyl (C=O) groups excluding carboxylic acids is 2. The lowest BCUT2D eigenvalue weighted by Crippen LogP contribution is -2.45. The van der Waals surface area contributed by atoms with E-state index in [-0.39, 0.29) is 25.0 Å². The number of halogens is 3. The molecule has 0 spiro atoms. The molecule has 2 aromatic carbocycles. The number of imidazole rings is 1. The van der Waals surface area contributed by atoms with Gasteiger partial charge in [0.15, 0.2) is 0 Å². The first-order valence-corrected chi connectivity index (χ1v) is 9.88. The van der Waals surface area contributed by atoms with Crippen LogP contribution in [-0.4, -0.2) is 32.8 Å². The second-order valence-corrected chi connectivity index (χ2v) is 7.35. The number of nitrogens with two attached hydrogens (primary N) is 1. The summed E-state index contributed by atoms with van der Waals surface area (Å²) in [7, 11) is 0. The van der Waals surface area contributed by atoms with Gasteiger partial charge in [0.25, 0.3) is 5.91 Å². The van der Waals surface area contributed by atoms with Gasteiger partial charge in [0.1, 0.15) is 17.4 Å². The predicted molar refractivity (Wildman–Crippen MR) is 122 cm³/mol. The van der Waals surface area contributed by atoms with Crippen molar-refractivity contribution in [1.29, 1.82) is 0 Å². The highest BCUT2D eigenvalue weighted by Gasteiger charge is 2.31.